The highest BCUT2D eigenvalue weighted by Crippen LogP contribution is 2.47. The fourth-order valence-electron chi connectivity index (χ4n) is 4.41. The minimum Gasteiger partial charge on any atom is -0.507 e. The zero-order chi connectivity index (χ0) is 22.6. The highest BCUT2D eigenvalue weighted by molar-refractivity contribution is 6.16. The molecule has 1 aliphatic heterocycles. The lowest BCUT2D eigenvalue weighted by Gasteiger charge is -2.44. The number of phenolic OH excluding ortho intramolecular Hbond substituents is 2. The van der Waals surface area contributed by atoms with E-state index < -0.39 is 48.4 Å². The number of benzene rings is 2. The van der Waals surface area contributed by atoms with Gasteiger partial charge in [-0.1, -0.05) is 18.2 Å². The quantitative estimate of drug-likeness (QED) is 0.427. The van der Waals surface area contributed by atoms with Gasteiger partial charge in [0.05, 0.1) is 11.1 Å². The minimum absolute atomic E-state index is 0.0648. The summed E-state index contributed by atoms with van der Waals surface area (Å²) < 4.78 is 10.7. The van der Waals surface area contributed by atoms with Crippen molar-refractivity contribution in [1.82, 2.24) is 0 Å². The van der Waals surface area contributed by atoms with Crippen LogP contribution in [-0.4, -0.2) is 68.0 Å². The third kappa shape index (κ3) is 3.35. The first kappa shape index (κ1) is 21.3. The van der Waals surface area contributed by atoms with E-state index in [1.165, 1.54) is 18.2 Å². The standard InChI is InChI=1S/C22H22O9/c1-8-6-11-14(21-19(28)18(27)20(29)22(31-21)30-9(2)23)10-4-3-5-12(24)15(10)17(26)16(11)13(25)7-8/h3-7,14,18-22,24-25,27-29H,1-2H3/t14-,18-,19-,20-,21-,22+/m1/s1. The Bertz CT molecular complexity index is 1060. The van der Waals surface area contributed by atoms with Crippen LogP contribution in [0.1, 0.15) is 45.5 Å². The first-order valence-electron chi connectivity index (χ1n) is 9.68. The van der Waals surface area contributed by atoms with E-state index in [2.05, 4.69) is 0 Å². The van der Waals surface area contributed by atoms with E-state index >= 15 is 0 Å². The van der Waals surface area contributed by atoms with Gasteiger partial charge in [-0.2, -0.15) is 0 Å². The normalized spacial score (nSPS) is 29.8. The predicted molar refractivity (Wildman–Crippen MR) is 105 cm³/mol. The van der Waals surface area contributed by atoms with E-state index in [1.807, 2.05) is 0 Å². The topological polar surface area (TPSA) is 154 Å². The first-order chi connectivity index (χ1) is 14.6. The molecule has 1 heterocycles. The van der Waals surface area contributed by atoms with Crippen LogP contribution in [0.25, 0.3) is 0 Å². The van der Waals surface area contributed by atoms with E-state index in [0.29, 0.717) is 16.7 Å². The first-order valence-corrected chi connectivity index (χ1v) is 9.68. The summed E-state index contributed by atoms with van der Waals surface area (Å²) in [6, 6.07) is 7.44. The molecule has 0 bridgehead atoms. The number of aliphatic hydroxyl groups is 3. The molecule has 2 aromatic rings. The number of aliphatic hydroxyl groups excluding tert-OH is 3. The monoisotopic (exact) mass is 430 g/mol. The Morgan fingerprint density at radius 3 is 2.32 bits per heavy atom. The molecular weight excluding hydrogens is 408 g/mol. The highest BCUT2D eigenvalue weighted by atomic mass is 16.7. The van der Waals surface area contributed by atoms with Crippen molar-refractivity contribution in [3.8, 4) is 11.5 Å². The Morgan fingerprint density at radius 1 is 0.968 bits per heavy atom. The van der Waals surface area contributed by atoms with Crippen molar-refractivity contribution in [2.24, 2.45) is 0 Å². The van der Waals surface area contributed by atoms with Crippen LogP contribution in [0, 0.1) is 6.92 Å². The Kier molecular flexibility index (Phi) is 5.22. The van der Waals surface area contributed by atoms with Crippen molar-refractivity contribution in [2.45, 2.75) is 50.5 Å². The molecule has 0 aromatic heterocycles. The summed E-state index contributed by atoms with van der Waals surface area (Å²) in [5.74, 6) is -2.92. The molecule has 0 unspecified atom stereocenters. The van der Waals surface area contributed by atoms with Crippen molar-refractivity contribution in [3.63, 3.8) is 0 Å². The Morgan fingerprint density at radius 2 is 1.65 bits per heavy atom. The molecule has 2 aromatic carbocycles. The molecule has 6 atom stereocenters. The molecule has 5 N–H and O–H groups in total. The largest absolute Gasteiger partial charge is 0.507 e. The van der Waals surface area contributed by atoms with Crippen LogP contribution in [0.3, 0.4) is 0 Å². The number of rotatable bonds is 2. The van der Waals surface area contributed by atoms with E-state index in [1.54, 1.807) is 19.1 Å². The summed E-state index contributed by atoms with van der Waals surface area (Å²) in [6.45, 7) is 2.81. The molecule has 1 saturated heterocycles. The second kappa shape index (κ2) is 7.61. The Balaban J connectivity index is 1.92. The molecule has 9 heteroatoms. The van der Waals surface area contributed by atoms with Gasteiger partial charge in [0.25, 0.3) is 0 Å². The van der Waals surface area contributed by atoms with Crippen molar-refractivity contribution in [2.75, 3.05) is 0 Å². The van der Waals surface area contributed by atoms with Gasteiger partial charge in [-0.05, 0) is 35.7 Å². The van der Waals surface area contributed by atoms with Crippen LogP contribution in [-0.2, 0) is 14.3 Å². The fourth-order valence-corrected chi connectivity index (χ4v) is 4.41. The zero-order valence-corrected chi connectivity index (χ0v) is 16.7. The van der Waals surface area contributed by atoms with Gasteiger partial charge in [0.15, 0.2) is 0 Å². The van der Waals surface area contributed by atoms with Gasteiger partial charge >= 0.3 is 5.97 Å². The summed E-state index contributed by atoms with van der Waals surface area (Å²) >= 11 is 0. The molecule has 0 spiro atoms. The maximum Gasteiger partial charge on any atom is 0.305 e. The highest BCUT2D eigenvalue weighted by Gasteiger charge is 2.51. The van der Waals surface area contributed by atoms with Gasteiger partial charge < -0.3 is 35.0 Å². The number of phenols is 2. The number of hydrogen-bond acceptors (Lipinski definition) is 9. The van der Waals surface area contributed by atoms with Crippen molar-refractivity contribution < 1.29 is 44.6 Å². The molecule has 0 radical (unpaired) electrons. The number of carbonyl (C=O) groups excluding carboxylic acids is 2. The molecule has 2 aliphatic rings. The predicted octanol–water partition coefficient (Wildman–Crippen LogP) is 0.453. The lowest BCUT2D eigenvalue weighted by atomic mass is 9.71. The molecular formula is C22H22O9. The lowest BCUT2D eigenvalue weighted by Crippen LogP contribution is -2.60. The smallest absolute Gasteiger partial charge is 0.305 e. The van der Waals surface area contributed by atoms with Crippen LogP contribution in [0.2, 0.25) is 0 Å². The summed E-state index contributed by atoms with van der Waals surface area (Å²) in [4.78, 5) is 24.5. The number of carbonyl (C=O) groups is 2. The Labute approximate surface area is 177 Å². The molecule has 4 rings (SSSR count). The van der Waals surface area contributed by atoms with Crippen LogP contribution in [0.5, 0.6) is 11.5 Å². The fraction of sp³-hybridized carbons (Fsp3) is 0.364. The molecule has 0 saturated carbocycles. The minimum atomic E-state index is -1.72. The third-order valence-electron chi connectivity index (χ3n) is 5.71. The van der Waals surface area contributed by atoms with E-state index in [4.69, 9.17) is 9.47 Å². The van der Waals surface area contributed by atoms with Gasteiger partial charge in [-0.3, -0.25) is 9.59 Å². The summed E-state index contributed by atoms with van der Waals surface area (Å²) in [5.41, 5.74) is 1.11. The summed E-state index contributed by atoms with van der Waals surface area (Å²) in [6.07, 6.45) is -7.90. The second-order valence-corrected chi connectivity index (χ2v) is 7.85. The Hall–Kier alpha value is -2.98. The van der Waals surface area contributed by atoms with E-state index in [9.17, 15) is 35.1 Å². The van der Waals surface area contributed by atoms with Gasteiger partial charge in [0.1, 0.15) is 35.9 Å². The SMILES string of the molecule is CC(=O)O[C@H]1O[C@H]([C@@H]2c3cccc(O)c3C(=O)c3c(O)cc(C)cc32)[C@H](O)[C@@H](O)[C@H]1O. The number of aryl methyl sites for hydroxylation is 1. The molecule has 9 nitrogen and oxygen atoms in total. The maximum absolute atomic E-state index is 13.1. The van der Waals surface area contributed by atoms with Gasteiger partial charge in [-0.15, -0.1) is 0 Å². The lowest BCUT2D eigenvalue weighted by molar-refractivity contribution is -0.289. The van der Waals surface area contributed by atoms with Gasteiger partial charge in [-0.25, -0.2) is 0 Å². The second-order valence-electron chi connectivity index (χ2n) is 7.85. The van der Waals surface area contributed by atoms with Crippen LogP contribution in [0.15, 0.2) is 30.3 Å². The number of fused-ring (bicyclic) bond motifs is 2. The van der Waals surface area contributed by atoms with Crippen molar-refractivity contribution in [3.05, 3.63) is 58.1 Å². The van der Waals surface area contributed by atoms with E-state index in [-0.39, 0.29) is 22.6 Å². The van der Waals surface area contributed by atoms with E-state index in [0.717, 1.165) is 6.92 Å². The molecule has 31 heavy (non-hydrogen) atoms. The number of hydrogen-bond donors (Lipinski definition) is 5. The zero-order valence-electron chi connectivity index (χ0n) is 16.7. The average molecular weight is 430 g/mol. The van der Waals surface area contributed by atoms with Crippen LogP contribution in [0.4, 0.5) is 0 Å². The molecule has 1 fully saturated rings. The van der Waals surface area contributed by atoms with Crippen molar-refractivity contribution in [1.29, 1.82) is 0 Å². The molecule has 164 valence electrons. The summed E-state index contributed by atoms with van der Waals surface area (Å²) in [5, 5.41) is 52.2. The van der Waals surface area contributed by atoms with Crippen molar-refractivity contribution >= 4 is 11.8 Å². The number of ether oxygens (including phenoxy) is 2. The third-order valence-corrected chi connectivity index (χ3v) is 5.71. The molecule has 0 amide bonds. The maximum atomic E-state index is 13.1. The number of esters is 1. The van der Waals surface area contributed by atoms with Crippen LogP contribution >= 0.6 is 0 Å². The van der Waals surface area contributed by atoms with Gasteiger partial charge in [0, 0.05) is 12.8 Å². The number of ketones is 1. The summed E-state index contributed by atoms with van der Waals surface area (Å²) in [7, 11) is 0. The van der Waals surface area contributed by atoms with Gasteiger partial charge in [0.2, 0.25) is 12.1 Å². The molecule has 1 aliphatic carbocycles. The average Bonchev–Trinajstić information content (AvgIpc) is 2.68. The van der Waals surface area contributed by atoms with Crippen LogP contribution < -0.4 is 0 Å². The number of aromatic hydroxyl groups is 2.